The number of aliphatic hydroxyl groups excluding tert-OH is 1. The molecule has 1 rings (SSSR count). The number of nitrogens with two attached hydrogens (primary N) is 1. The summed E-state index contributed by atoms with van der Waals surface area (Å²) in [5.74, 6) is 0. The standard InChI is InChI=1S/C9H16N2O2S/c1-7(2)11-5-8(12)6-13-9-10-3-4-14-9/h3-4,7-8,11-12H,5-6H2,1-2H3/p+1/t8-/m0/s1. The van der Waals surface area contributed by atoms with Crippen molar-refractivity contribution in [1.82, 2.24) is 4.98 Å². The first kappa shape index (κ1) is 11.4. The first-order valence-corrected chi connectivity index (χ1v) is 5.60. The molecule has 0 amide bonds. The van der Waals surface area contributed by atoms with Crippen LogP contribution in [-0.2, 0) is 0 Å². The van der Waals surface area contributed by atoms with Crippen LogP contribution >= 0.6 is 11.3 Å². The second kappa shape index (κ2) is 5.95. The molecule has 1 aromatic rings. The molecule has 0 fully saturated rings. The van der Waals surface area contributed by atoms with Gasteiger partial charge in [0.05, 0.1) is 6.04 Å². The molecule has 5 heteroatoms. The van der Waals surface area contributed by atoms with Gasteiger partial charge in [-0.1, -0.05) is 11.3 Å². The van der Waals surface area contributed by atoms with Crippen molar-refractivity contribution in [2.75, 3.05) is 13.2 Å². The molecular weight excluding hydrogens is 200 g/mol. The van der Waals surface area contributed by atoms with E-state index in [4.69, 9.17) is 4.74 Å². The van der Waals surface area contributed by atoms with Crippen molar-refractivity contribution in [2.24, 2.45) is 0 Å². The normalized spacial score (nSPS) is 13.1. The molecule has 14 heavy (non-hydrogen) atoms. The van der Waals surface area contributed by atoms with Crippen LogP contribution in [0.3, 0.4) is 0 Å². The van der Waals surface area contributed by atoms with Gasteiger partial charge in [0.15, 0.2) is 0 Å². The van der Waals surface area contributed by atoms with Crippen molar-refractivity contribution in [3.8, 4) is 5.19 Å². The van der Waals surface area contributed by atoms with Crippen LogP contribution in [0.2, 0.25) is 0 Å². The number of hydrogen-bond acceptors (Lipinski definition) is 4. The minimum absolute atomic E-state index is 0.316. The Labute approximate surface area is 87.9 Å². The molecule has 0 saturated heterocycles. The summed E-state index contributed by atoms with van der Waals surface area (Å²) in [5, 5.41) is 14.1. The Morgan fingerprint density at radius 1 is 1.64 bits per heavy atom. The minimum atomic E-state index is -0.429. The lowest BCUT2D eigenvalue weighted by molar-refractivity contribution is -0.688. The maximum absolute atomic E-state index is 9.52. The predicted molar refractivity (Wildman–Crippen MR) is 55.5 cm³/mol. The summed E-state index contributed by atoms with van der Waals surface area (Å²) in [6, 6.07) is 0.504. The van der Waals surface area contributed by atoms with Gasteiger partial charge in [0, 0.05) is 11.6 Å². The van der Waals surface area contributed by atoms with Crippen LogP contribution in [0.25, 0.3) is 0 Å². The van der Waals surface area contributed by atoms with Crippen molar-refractivity contribution in [2.45, 2.75) is 26.0 Å². The van der Waals surface area contributed by atoms with Crippen molar-refractivity contribution in [3.63, 3.8) is 0 Å². The van der Waals surface area contributed by atoms with Gasteiger partial charge < -0.3 is 15.2 Å². The summed E-state index contributed by atoms with van der Waals surface area (Å²) in [5.41, 5.74) is 0. The van der Waals surface area contributed by atoms with Crippen LogP contribution in [0.1, 0.15) is 13.8 Å². The van der Waals surface area contributed by atoms with E-state index in [1.54, 1.807) is 6.20 Å². The molecule has 0 spiro atoms. The topological polar surface area (TPSA) is 59.0 Å². The Kier molecular flexibility index (Phi) is 4.86. The average molecular weight is 217 g/mol. The molecule has 0 unspecified atom stereocenters. The minimum Gasteiger partial charge on any atom is -0.467 e. The maximum atomic E-state index is 9.52. The number of rotatable bonds is 6. The Bertz CT molecular complexity index is 239. The van der Waals surface area contributed by atoms with Crippen molar-refractivity contribution >= 4 is 11.3 Å². The molecule has 80 valence electrons. The van der Waals surface area contributed by atoms with Gasteiger partial charge in [-0.25, -0.2) is 4.98 Å². The molecule has 0 aliphatic heterocycles. The smallest absolute Gasteiger partial charge is 0.273 e. The predicted octanol–water partition coefficient (Wildman–Crippen LogP) is -0.145. The summed E-state index contributed by atoms with van der Waals surface area (Å²) < 4.78 is 5.28. The molecule has 0 aliphatic carbocycles. The molecule has 1 heterocycles. The van der Waals surface area contributed by atoms with E-state index in [9.17, 15) is 5.11 Å². The Balaban J connectivity index is 2.12. The zero-order valence-corrected chi connectivity index (χ0v) is 9.33. The summed E-state index contributed by atoms with van der Waals surface area (Å²) in [4.78, 5) is 3.96. The van der Waals surface area contributed by atoms with Gasteiger partial charge in [0.2, 0.25) is 0 Å². The van der Waals surface area contributed by atoms with Gasteiger partial charge in [0.25, 0.3) is 5.19 Å². The Hall–Kier alpha value is -0.650. The molecule has 1 atom stereocenters. The number of thiazole rings is 1. The maximum Gasteiger partial charge on any atom is 0.273 e. The molecule has 4 nitrogen and oxygen atoms in total. The van der Waals surface area contributed by atoms with Crippen molar-refractivity contribution < 1.29 is 15.2 Å². The van der Waals surface area contributed by atoms with Gasteiger partial charge in [-0.05, 0) is 13.8 Å². The number of nitrogens with zero attached hydrogens (tertiary/aromatic N) is 1. The molecular formula is C9H17N2O2S+. The van der Waals surface area contributed by atoms with Gasteiger partial charge in [-0.3, -0.25) is 0 Å². The fourth-order valence-corrected chi connectivity index (χ4v) is 1.44. The summed E-state index contributed by atoms with van der Waals surface area (Å²) in [7, 11) is 0. The second-order valence-electron chi connectivity index (χ2n) is 3.48. The van der Waals surface area contributed by atoms with Crippen LogP contribution in [0.15, 0.2) is 11.6 Å². The van der Waals surface area contributed by atoms with Crippen LogP contribution < -0.4 is 10.1 Å². The fourth-order valence-electron chi connectivity index (χ4n) is 0.946. The van der Waals surface area contributed by atoms with Gasteiger partial charge >= 0.3 is 0 Å². The van der Waals surface area contributed by atoms with Crippen molar-refractivity contribution in [3.05, 3.63) is 11.6 Å². The van der Waals surface area contributed by atoms with Gasteiger partial charge in [-0.2, -0.15) is 0 Å². The van der Waals surface area contributed by atoms with E-state index in [0.29, 0.717) is 24.4 Å². The van der Waals surface area contributed by atoms with E-state index in [1.165, 1.54) is 11.3 Å². The number of aliphatic hydroxyl groups is 1. The number of ether oxygens (including phenoxy) is 1. The Morgan fingerprint density at radius 2 is 2.43 bits per heavy atom. The first-order chi connectivity index (χ1) is 6.68. The number of quaternary nitrogens is 1. The third-order valence-corrected chi connectivity index (χ3v) is 2.37. The Morgan fingerprint density at radius 3 is 3.00 bits per heavy atom. The molecule has 0 bridgehead atoms. The third kappa shape index (κ3) is 4.55. The van der Waals surface area contributed by atoms with E-state index in [-0.39, 0.29) is 0 Å². The highest BCUT2D eigenvalue weighted by Crippen LogP contribution is 2.13. The molecule has 0 saturated carbocycles. The van der Waals surface area contributed by atoms with Crippen molar-refractivity contribution in [1.29, 1.82) is 0 Å². The lowest BCUT2D eigenvalue weighted by Crippen LogP contribution is -2.90. The lowest BCUT2D eigenvalue weighted by Gasteiger charge is -2.11. The zero-order valence-electron chi connectivity index (χ0n) is 8.51. The highest BCUT2D eigenvalue weighted by molar-refractivity contribution is 7.11. The van der Waals surface area contributed by atoms with Crippen LogP contribution in [-0.4, -0.2) is 35.4 Å². The quantitative estimate of drug-likeness (QED) is 0.697. The van der Waals surface area contributed by atoms with E-state index in [1.807, 2.05) is 5.38 Å². The molecule has 0 radical (unpaired) electrons. The number of hydrogen-bond donors (Lipinski definition) is 2. The van der Waals surface area contributed by atoms with E-state index in [0.717, 1.165) is 0 Å². The van der Waals surface area contributed by atoms with Crippen LogP contribution in [0.4, 0.5) is 0 Å². The summed E-state index contributed by atoms with van der Waals surface area (Å²) in [6.07, 6.45) is 1.26. The highest BCUT2D eigenvalue weighted by Gasteiger charge is 2.09. The second-order valence-corrected chi connectivity index (χ2v) is 4.34. The highest BCUT2D eigenvalue weighted by atomic mass is 32.1. The molecule has 3 N–H and O–H groups in total. The van der Waals surface area contributed by atoms with E-state index in [2.05, 4.69) is 24.1 Å². The average Bonchev–Trinajstić information content (AvgIpc) is 2.63. The fraction of sp³-hybridized carbons (Fsp3) is 0.667. The molecule has 0 aliphatic rings. The van der Waals surface area contributed by atoms with Crippen LogP contribution in [0.5, 0.6) is 5.19 Å². The van der Waals surface area contributed by atoms with Gasteiger partial charge in [0.1, 0.15) is 19.3 Å². The van der Waals surface area contributed by atoms with Gasteiger partial charge in [-0.15, -0.1) is 0 Å². The third-order valence-electron chi connectivity index (χ3n) is 1.69. The SMILES string of the molecule is CC(C)[NH2+]C[C@H](O)COc1nccs1. The summed E-state index contributed by atoms with van der Waals surface area (Å²) in [6.45, 7) is 5.17. The monoisotopic (exact) mass is 217 g/mol. The lowest BCUT2D eigenvalue weighted by atomic mass is 10.3. The first-order valence-electron chi connectivity index (χ1n) is 4.72. The molecule has 1 aromatic heterocycles. The summed E-state index contributed by atoms with van der Waals surface area (Å²) >= 11 is 1.43. The molecule has 0 aromatic carbocycles. The van der Waals surface area contributed by atoms with E-state index < -0.39 is 6.10 Å². The number of aromatic nitrogens is 1. The van der Waals surface area contributed by atoms with Crippen LogP contribution in [0, 0.1) is 0 Å². The largest absolute Gasteiger partial charge is 0.467 e. The zero-order chi connectivity index (χ0) is 10.4. The van der Waals surface area contributed by atoms with E-state index >= 15 is 0 Å².